The second kappa shape index (κ2) is 8.48. The first-order valence-electron chi connectivity index (χ1n) is 9.20. The summed E-state index contributed by atoms with van der Waals surface area (Å²) in [6.45, 7) is 3.34. The van der Waals surface area contributed by atoms with E-state index in [9.17, 15) is 9.59 Å². The van der Waals surface area contributed by atoms with E-state index in [1.54, 1.807) is 24.9 Å². The van der Waals surface area contributed by atoms with E-state index < -0.39 is 0 Å². The molecule has 1 spiro atoms. The van der Waals surface area contributed by atoms with E-state index >= 15 is 0 Å². The largest absolute Gasteiger partial charge is 0.455 e. The topological polar surface area (TPSA) is 63.0 Å². The van der Waals surface area contributed by atoms with E-state index in [0.717, 1.165) is 43.9 Å². The molecule has 6 nitrogen and oxygen atoms in total. The first-order chi connectivity index (χ1) is 12.6. The number of furan rings is 1. The van der Waals surface area contributed by atoms with Crippen molar-refractivity contribution in [2.75, 3.05) is 46.2 Å². The minimum atomic E-state index is -0.0308. The highest BCUT2D eigenvalue weighted by atomic mass is 32.2. The van der Waals surface area contributed by atoms with Gasteiger partial charge in [-0.25, -0.2) is 0 Å². The molecule has 2 aliphatic rings. The number of hydrogen-bond donors (Lipinski definition) is 0. The predicted octanol–water partition coefficient (Wildman–Crippen LogP) is 2.63. The SMILES string of the molecule is COCCN1C[C@]2(CCCN(C(=O)c3ccc(CSC)o3)C2)CCC1=O. The van der Waals surface area contributed by atoms with Crippen LogP contribution < -0.4 is 0 Å². The van der Waals surface area contributed by atoms with Crippen LogP contribution in [0.15, 0.2) is 16.5 Å². The van der Waals surface area contributed by atoms with Crippen LogP contribution in [-0.4, -0.2) is 67.8 Å². The molecule has 0 N–H and O–H groups in total. The van der Waals surface area contributed by atoms with Crippen LogP contribution in [0.25, 0.3) is 0 Å². The summed E-state index contributed by atoms with van der Waals surface area (Å²) in [7, 11) is 1.65. The van der Waals surface area contributed by atoms with Gasteiger partial charge in [-0.05, 0) is 37.7 Å². The van der Waals surface area contributed by atoms with Crippen molar-refractivity contribution in [3.63, 3.8) is 0 Å². The number of thioether (sulfide) groups is 1. The van der Waals surface area contributed by atoms with Gasteiger partial charge in [0.2, 0.25) is 5.91 Å². The van der Waals surface area contributed by atoms with Gasteiger partial charge >= 0.3 is 0 Å². The second-order valence-electron chi connectivity index (χ2n) is 7.34. The zero-order chi connectivity index (χ0) is 18.6. The molecule has 3 heterocycles. The van der Waals surface area contributed by atoms with Crippen molar-refractivity contribution in [3.8, 4) is 0 Å². The Morgan fingerprint density at radius 2 is 2.19 bits per heavy atom. The molecular formula is C19H28N2O4S. The smallest absolute Gasteiger partial charge is 0.289 e. The molecule has 1 aromatic heterocycles. The van der Waals surface area contributed by atoms with E-state index in [1.807, 2.05) is 22.1 Å². The van der Waals surface area contributed by atoms with Crippen LogP contribution in [0.1, 0.15) is 42.0 Å². The molecule has 0 aliphatic carbocycles. The summed E-state index contributed by atoms with van der Waals surface area (Å²) in [6.07, 6.45) is 5.46. The summed E-state index contributed by atoms with van der Waals surface area (Å²) < 4.78 is 10.8. The Balaban J connectivity index is 1.67. The highest BCUT2D eigenvalue weighted by Crippen LogP contribution is 2.39. The van der Waals surface area contributed by atoms with Crippen LogP contribution in [-0.2, 0) is 15.3 Å². The average molecular weight is 381 g/mol. The molecule has 0 aromatic carbocycles. The number of rotatable bonds is 6. The van der Waals surface area contributed by atoms with Gasteiger partial charge in [-0.1, -0.05) is 0 Å². The Kier molecular flexibility index (Phi) is 6.29. The summed E-state index contributed by atoms with van der Waals surface area (Å²) in [6, 6.07) is 3.67. The number of amides is 2. The summed E-state index contributed by atoms with van der Waals surface area (Å²) in [5.74, 6) is 2.20. The fourth-order valence-corrected chi connectivity index (χ4v) is 4.53. The third kappa shape index (κ3) is 4.26. The normalized spacial score (nSPS) is 23.7. The maximum atomic E-state index is 12.9. The van der Waals surface area contributed by atoms with Gasteiger partial charge in [-0.3, -0.25) is 9.59 Å². The third-order valence-corrected chi connectivity index (χ3v) is 5.99. The zero-order valence-electron chi connectivity index (χ0n) is 15.7. The molecule has 2 amide bonds. The first-order valence-corrected chi connectivity index (χ1v) is 10.6. The lowest BCUT2D eigenvalue weighted by atomic mass is 9.73. The molecule has 2 saturated heterocycles. The number of ether oxygens (including phenoxy) is 1. The van der Waals surface area contributed by atoms with Crippen LogP contribution in [0.2, 0.25) is 0 Å². The van der Waals surface area contributed by atoms with Gasteiger partial charge in [0.1, 0.15) is 5.76 Å². The molecule has 3 rings (SSSR count). The van der Waals surface area contributed by atoms with E-state index in [0.29, 0.717) is 31.9 Å². The number of nitrogens with zero attached hydrogens (tertiary/aromatic N) is 2. The maximum absolute atomic E-state index is 12.9. The monoisotopic (exact) mass is 380 g/mol. The first kappa shape index (κ1) is 19.3. The number of methoxy groups -OCH3 is 1. The molecule has 1 atom stereocenters. The van der Waals surface area contributed by atoms with Crippen molar-refractivity contribution in [1.29, 1.82) is 0 Å². The molecule has 2 aliphatic heterocycles. The highest BCUT2D eigenvalue weighted by Gasteiger charge is 2.43. The predicted molar refractivity (Wildman–Crippen MR) is 101 cm³/mol. The molecule has 1 aromatic rings. The molecule has 26 heavy (non-hydrogen) atoms. The van der Waals surface area contributed by atoms with Crippen molar-refractivity contribution < 1.29 is 18.7 Å². The molecule has 7 heteroatoms. The van der Waals surface area contributed by atoms with Crippen molar-refractivity contribution >= 4 is 23.6 Å². The molecular weight excluding hydrogens is 352 g/mol. The van der Waals surface area contributed by atoms with Crippen molar-refractivity contribution in [2.24, 2.45) is 5.41 Å². The van der Waals surface area contributed by atoms with E-state index in [2.05, 4.69) is 0 Å². The minimum Gasteiger partial charge on any atom is -0.455 e. The van der Waals surface area contributed by atoms with Gasteiger partial charge in [0.15, 0.2) is 5.76 Å². The Morgan fingerprint density at radius 1 is 1.35 bits per heavy atom. The Bertz CT molecular complexity index is 647. The summed E-state index contributed by atoms with van der Waals surface area (Å²) >= 11 is 1.67. The lowest BCUT2D eigenvalue weighted by Gasteiger charge is -2.48. The average Bonchev–Trinajstić information content (AvgIpc) is 3.11. The van der Waals surface area contributed by atoms with Crippen LogP contribution in [0.5, 0.6) is 0 Å². The standard InChI is InChI=1S/C19H28N2O4S/c1-24-11-10-20-13-19(8-6-17(20)22)7-3-9-21(14-19)18(23)16-5-4-15(25-16)12-26-2/h4-5H,3,6-14H2,1-2H3/t19-/m0/s1. The lowest BCUT2D eigenvalue weighted by Crippen LogP contribution is -2.55. The second-order valence-corrected chi connectivity index (χ2v) is 8.20. The third-order valence-electron chi connectivity index (χ3n) is 5.42. The van der Waals surface area contributed by atoms with Crippen LogP contribution in [0.3, 0.4) is 0 Å². The van der Waals surface area contributed by atoms with E-state index in [1.165, 1.54) is 0 Å². The quantitative estimate of drug-likeness (QED) is 0.759. The molecule has 0 bridgehead atoms. The number of carbonyl (C=O) groups excluding carboxylic acids is 2. The molecule has 0 saturated carbocycles. The van der Waals surface area contributed by atoms with Crippen LogP contribution >= 0.6 is 11.8 Å². The maximum Gasteiger partial charge on any atom is 0.289 e. The van der Waals surface area contributed by atoms with Gasteiger partial charge in [-0.2, -0.15) is 11.8 Å². The Labute approximate surface area is 159 Å². The number of hydrogen-bond acceptors (Lipinski definition) is 5. The zero-order valence-corrected chi connectivity index (χ0v) is 16.5. The van der Waals surface area contributed by atoms with Gasteiger partial charge in [-0.15, -0.1) is 0 Å². The molecule has 2 fully saturated rings. The van der Waals surface area contributed by atoms with Gasteiger partial charge in [0.25, 0.3) is 5.91 Å². The van der Waals surface area contributed by atoms with Crippen molar-refractivity contribution in [1.82, 2.24) is 9.80 Å². The van der Waals surface area contributed by atoms with Crippen molar-refractivity contribution in [2.45, 2.75) is 31.4 Å². The highest BCUT2D eigenvalue weighted by molar-refractivity contribution is 7.97. The van der Waals surface area contributed by atoms with E-state index in [-0.39, 0.29) is 17.2 Å². The number of piperidine rings is 2. The number of likely N-dealkylation sites (tertiary alicyclic amines) is 2. The fraction of sp³-hybridized carbons (Fsp3) is 0.684. The van der Waals surface area contributed by atoms with Crippen LogP contribution in [0.4, 0.5) is 0 Å². The summed E-state index contributed by atoms with van der Waals surface area (Å²) in [4.78, 5) is 28.9. The Morgan fingerprint density at radius 3 is 2.96 bits per heavy atom. The number of carbonyl (C=O) groups is 2. The summed E-state index contributed by atoms with van der Waals surface area (Å²) in [5.41, 5.74) is 0.00422. The van der Waals surface area contributed by atoms with Crippen LogP contribution in [0, 0.1) is 5.41 Å². The van der Waals surface area contributed by atoms with Gasteiger partial charge < -0.3 is 19.0 Å². The Hall–Kier alpha value is -1.47. The van der Waals surface area contributed by atoms with E-state index in [4.69, 9.17) is 9.15 Å². The lowest BCUT2D eigenvalue weighted by molar-refractivity contribution is -0.139. The summed E-state index contributed by atoms with van der Waals surface area (Å²) in [5, 5.41) is 0. The molecule has 144 valence electrons. The van der Waals surface area contributed by atoms with Gasteiger partial charge in [0.05, 0.1) is 12.4 Å². The van der Waals surface area contributed by atoms with Gasteiger partial charge in [0, 0.05) is 45.1 Å². The van der Waals surface area contributed by atoms with Crippen molar-refractivity contribution in [3.05, 3.63) is 23.7 Å². The minimum absolute atomic E-state index is 0.00422. The molecule has 0 unspecified atom stereocenters. The fourth-order valence-electron chi connectivity index (χ4n) is 4.09. The molecule has 0 radical (unpaired) electrons.